The molecule has 0 spiro atoms. The molecule has 22 heavy (non-hydrogen) atoms. The van der Waals surface area contributed by atoms with Crippen molar-refractivity contribution >= 4 is 17.1 Å². The van der Waals surface area contributed by atoms with Gasteiger partial charge in [0.2, 0.25) is 0 Å². The molecule has 2 aromatic rings. The number of fused-ring (bicyclic) bond motifs is 1. The maximum Gasteiger partial charge on any atom is 0.410 e. The highest BCUT2D eigenvalue weighted by atomic mass is 16.6. The average molecular weight is 303 g/mol. The van der Waals surface area contributed by atoms with Gasteiger partial charge in [0.05, 0.1) is 24.1 Å². The second-order valence-corrected chi connectivity index (χ2v) is 6.59. The first-order valence-electron chi connectivity index (χ1n) is 7.37. The fourth-order valence-electron chi connectivity index (χ4n) is 2.46. The third-order valence-electron chi connectivity index (χ3n) is 3.63. The highest BCUT2D eigenvalue weighted by Gasteiger charge is 2.36. The molecule has 2 heterocycles. The van der Waals surface area contributed by atoms with Crippen molar-refractivity contribution in [3.63, 3.8) is 0 Å². The summed E-state index contributed by atoms with van der Waals surface area (Å²) in [6.45, 7) is 6.87. The fourth-order valence-corrected chi connectivity index (χ4v) is 2.46. The van der Waals surface area contributed by atoms with Gasteiger partial charge in [-0.15, -0.1) is 0 Å². The van der Waals surface area contributed by atoms with Crippen LogP contribution in [0.2, 0.25) is 0 Å². The highest BCUT2D eigenvalue weighted by molar-refractivity contribution is 5.77. The number of carbonyl (C=O) groups is 1. The number of likely N-dealkylation sites (tertiary alicyclic amines) is 1. The lowest BCUT2D eigenvalue weighted by molar-refractivity contribution is 0.00761. The molecule has 1 aliphatic heterocycles. The molecule has 3 rings (SSSR count). The molecule has 1 aromatic carbocycles. The number of carbonyl (C=O) groups excluding carboxylic acids is 1. The molecule has 1 fully saturated rings. The summed E-state index contributed by atoms with van der Waals surface area (Å²) in [7, 11) is 1.64. The maximum absolute atomic E-state index is 11.9. The molecule has 0 saturated carbocycles. The summed E-state index contributed by atoms with van der Waals surface area (Å²) >= 11 is 0. The number of aromatic nitrogens is 2. The van der Waals surface area contributed by atoms with Crippen LogP contribution in [0.4, 0.5) is 4.79 Å². The number of amides is 1. The molecule has 0 unspecified atom stereocenters. The van der Waals surface area contributed by atoms with E-state index in [1.807, 2.05) is 39.0 Å². The van der Waals surface area contributed by atoms with E-state index in [1.54, 1.807) is 12.0 Å². The first kappa shape index (κ1) is 14.7. The number of hydrogen-bond donors (Lipinski definition) is 1. The van der Waals surface area contributed by atoms with Crippen LogP contribution in [0.1, 0.15) is 32.5 Å². The molecule has 118 valence electrons. The van der Waals surface area contributed by atoms with E-state index in [0.717, 1.165) is 22.6 Å². The number of hydrogen-bond acceptors (Lipinski definition) is 4. The lowest BCUT2D eigenvalue weighted by atomic mass is 10.0. The molecular formula is C16H21N3O3. The molecule has 0 radical (unpaired) electrons. The Hall–Kier alpha value is -2.24. The summed E-state index contributed by atoms with van der Waals surface area (Å²) < 4.78 is 10.6. The van der Waals surface area contributed by atoms with Crippen LogP contribution in [0.25, 0.3) is 11.0 Å². The molecule has 1 aromatic heterocycles. The summed E-state index contributed by atoms with van der Waals surface area (Å²) in [5.74, 6) is 1.93. The molecule has 0 bridgehead atoms. The van der Waals surface area contributed by atoms with Gasteiger partial charge in [-0.1, -0.05) is 0 Å². The van der Waals surface area contributed by atoms with E-state index in [9.17, 15) is 4.79 Å². The van der Waals surface area contributed by atoms with Crippen molar-refractivity contribution in [1.29, 1.82) is 0 Å². The molecular weight excluding hydrogens is 282 g/mol. The van der Waals surface area contributed by atoms with Crippen LogP contribution in [0, 0.1) is 0 Å². The Morgan fingerprint density at radius 1 is 1.36 bits per heavy atom. The lowest BCUT2D eigenvalue weighted by Crippen LogP contribution is -2.50. The monoisotopic (exact) mass is 303 g/mol. The Morgan fingerprint density at radius 3 is 2.73 bits per heavy atom. The zero-order chi connectivity index (χ0) is 15.9. The molecule has 6 nitrogen and oxygen atoms in total. The normalized spacial score (nSPS) is 15.7. The van der Waals surface area contributed by atoms with Gasteiger partial charge in [-0.25, -0.2) is 9.78 Å². The Bertz CT molecular complexity index is 696. The van der Waals surface area contributed by atoms with Gasteiger partial charge < -0.3 is 19.4 Å². The van der Waals surface area contributed by atoms with E-state index in [1.165, 1.54) is 0 Å². The number of ether oxygens (including phenoxy) is 2. The largest absolute Gasteiger partial charge is 0.497 e. The fraction of sp³-hybridized carbons (Fsp3) is 0.500. The zero-order valence-electron chi connectivity index (χ0n) is 13.3. The molecule has 0 aliphatic carbocycles. The number of nitrogens with zero attached hydrogens (tertiary/aromatic N) is 2. The number of aromatic amines is 1. The third kappa shape index (κ3) is 2.86. The van der Waals surface area contributed by atoms with Crippen LogP contribution in [0.5, 0.6) is 5.75 Å². The summed E-state index contributed by atoms with van der Waals surface area (Å²) in [5.41, 5.74) is 1.40. The van der Waals surface area contributed by atoms with Gasteiger partial charge in [0, 0.05) is 19.2 Å². The average Bonchev–Trinajstić information content (AvgIpc) is 2.76. The molecule has 0 atom stereocenters. The van der Waals surface area contributed by atoms with E-state index >= 15 is 0 Å². The topological polar surface area (TPSA) is 67.4 Å². The van der Waals surface area contributed by atoms with Crippen LogP contribution in [0.15, 0.2) is 18.2 Å². The Labute approximate surface area is 129 Å². The smallest absolute Gasteiger partial charge is 0.410 e. The number of H-pyrrole nitrogens is 1. The first-order valence-corrected chi connectivity index (χ1v) is 7.37. The number of methoxy groups -OCH3 is 1. The first-order chi connectivity index (χ1) is 10.4. The Kier molecular flexibility index (Phi) is 3.47. The quantitative estimate of drug-likeness (QED) is 0.926. The van der Waals surface area contributed by atoms with Crippen molar-refractivity contribution in [3.8, 4) is 5.75 Å². The minimum atomic E-state index is -0.460. The maximum atomic E-state index is 11.9. The van der Waals surface area contributed by atoms with Gasteiger partial charge in [-0.3, -0.25) is 0 Å². The minimum absolute atomic E-state index is 0.228. The number of rotatable bonds is 2. The molecule has 1 amide bonds. The van der Waals surface area contributed by atoms with Gasteiger partial charge in [0.15, 0.2) is 0 Å². The van der Waals surface area contributed by atoms with E-state index < -0.39 is 5.60 Å². The van der Waals surface area contributed by atoms with Crippen molar-refractivity contribution in [2.75, 3.05) is 20.2 Å². The summed E-state index contributed by atoms with van der Waals surface area (Å²) in [4.78, 5) is 21.5. The lowest BCUT2D eigenvalue weighted by Gasteiger charge is -2.38. The summed E-state index contributed by atoms with van der Waals surface area (Å²) in [6.07, 6.45) is -0.262. The van der Waals surface area contributed by atoms with E-state index in [4.69, 9.17) is 9.47 Å². The van der Waals surface area contributed by atoms with Crippen LogP contribution in [0.3, 0.4) is 0 Å². The van der Waals surface area contributed by atoms with Crippen molar-refractivity contribution in [2.45, 2.75) is 32.3 Å². The molecule has 1 N–H and O–H groups in total. The summed E-state index contributed by atoms with van der Waals surface area (Å²) in [5, 5.41) is 0. The number of nitrogens with one attached hydrogen (secondary N) is 1. The van der Waals surface area contributed by atoms with Crippen molar-refractivity contribution in [3.05, 3.63) is 24.0 Å². The second kappa shape index (κ2) is 5.19. The standard InChI is InChI=1S/C16H21N3O3/c1-16(2,3)22-15(20)19-8-10(9-19)14-17-12-6-5-11(21-4)7-13(12)18-14/h5-7,10H,8-9H2,1-4H3,(H,17,18). The van der Waals surface area contributed by atoms with Crippen molar-refractivity contribution < 1.29 is 14.3 Å². The van der Waals surface area contributed by atoms with Gasteiger partial charge in [-0.2, -0.15) is 0 Å². The van der Waals surface area contributed by atoms with Crippen molar-refractivity contribution in [2.24, 2.45) is 0 Å². The minimum Gasteiger partial charge on any atom is -0.497 e. The van der Waals surface area contributed by atoms with Gasteiger partial charge >= 0.3 is 6.09 Å². The molecule has 1 saturated heterocycles. The van der Waals surface area contributed by atoms with Crippen LogP contribution in [-0.4, -0.2) is 46.8 Å². The SMILES string of the molecule is COc1ccc2nc(C3CN(C(=O)OC(C)(C)C)C3)[nH]c2c1. The number of imidazole rings is 1. The van der Waals surface area contributed by atoms with E-state index in [-0.39, 0.29) is 12.0 Å². The third-order valence-corrected chi connectivity index (χ3v) is 3.63. The Balaban J connectivity index is 1.66. The van der Waals surface area contributed by atoms with Crippen LogP contribution >= 0.6 is 0 Å². The summed E-state index contributed by atoms with van der Waals surface area (Å²) in [6, 6.07) is 5.75. The molecule has 6 heteroatoms. The van der Waals surface area contributed by atoms with Gasteiger partial charge in [-0.05, 0) is 32.9 Å². The predicted molar refractivity (Wildman–Crippen MR) is 83.2 cm³/mol. The van der Waals surface area contributed by atoms with E-state index in [2.05, 4.69) is 9.97 Å². The van der Waals surface area contributed by atoms with Crippen LogP contribution in [-0.2, 0) is 4.74 Å². The van der Waals surface area contributed by atoms with Gasteiger partial charge in [0.25, 0.3) is 0 Å². The number of benzene rings is 1. The molecule has 1 aliphatic rings. The predicted octanol–water partition coefficient (Wildman–Crippen LogP) is 2.91. The highest BCUT2D eigenvalue weighted by Crippen LogP contribution is 2.29. The van der Waals surface area contributed by atoms with E-state index in [0.29, 0.717) is 13.1 Å². The Morgan fingerprint density at radius 2 is 2.09 bits per heavy atom. The second-order valence-electron chi connectivity index (χ2n) is 6.59. The van der Waals surface area contributed by atoms with Gasteiger partial charge in [0.1, 0.15) is 17.2 Å². The zero-order valence-corrected chi connectivity index (χ0v) is 13.3. The van der Waals surface area contributed by atoms with Crippen LogP contribution < -0.4 is 4.74 Å². The van der Waals surface area contributed by atoms with Crippen molar-refractivity contribution in [1.82, 2.24) is 14.9 Å².